The van der Waals surface area contributed by atoms with Gasteiger partial charge in [0.15, 0.2) is 11.5 Å². The number of anilines is 1. The highest BCUT2D eigenvalue weighted by atomic mass is 16.2. The largest absolute Gasteiger partial charge is 0.331 e. The first kappa shape index (κ1) is 18.6. The molecule has 1 aromatic carbocycles. The molecule has 0 unspecified atom stereocenters. The van der Waals surface area contributed by atoms with Gasteiger partial charge in [-0.2, -0.15) is 0 Å². The number of amidine groups is 1. The van der Waals surface area contributed by atoms with Gasteiger partial charge in [-0.05, 0) is 50.1 Å². The highest BCUT2D eigenvalue weighted by molar-refractivity contribution is 6.70. The number of carbonyl (C=O) groups excluding carboxylic acids is 1. The van der Waals surface area contributed by atoms with Crippen molar-refractivity contribution in [3.63, 3.8) is 0 Å². The zero-order valence-electron chi connectivity index (χ0n) is 16.1. The summed E-state index contributed by atoms with van der Waals surface area (Å²) in [5, 5.41) is 6.27. The van der Waals surface area contributed by atoms with E-state index in [1.54, 1.807) is 0 Å². The molecule has 0 radical (unpaired) electrons. The third-order valence-corrected chi connectivity index (χ3v) is 4.98. The van der Waals surface area contributed by atoms with Crippen LogP contribution in [-0.4, -0.2) is 43.8 Å². The number of rotatable bonds is 8. The molecule has 3 rings (SSSR count). The molecule has 0 bridgehead atoms. The maximum atomic E-state index is 12.2. The van der Waals surface area contributed by atoms with Crippen LogP contribution >= 0.6 is 0 Å². The van der Waals surface area contributed by atoms with Crippen molar-refractivity contribution in [1.82, 2.24) is 10.6 Å². The number of benzene rings is 1. The molecule has 26 heavy (non-hydrogen) atoms. The Morgan fingerprint density at radius 1 is 1.15 bits per heavy atom. The molecule has 0 aliphatic carbocycles. The van der Waals surface area contributed by atoms with E-state index in [0.717, 1.165) is 31.0 Å². The molecule has 2 aliphatic rings. The van der Waals surface area contributed by atoms with Gasteiger partial charge < -0.3 is 15.5 Å². The van der Waals surface area contributed by atoms with Crippen molar-refractivity contribution in [2.24, 2.45) is 9.98 Å². The first-order valence-corrected chi connectivity index (χ1v) is 9.63. The SMILES string of the molecule is CCCCCCNCCN1C2=NCNC(=O)C2=Nc2cc(C)c(C)cc21. The van der Waals surface area contributed by atoms with Crippen LogP contribution in [0, 0.1) is 13.8 Å². The van der Waals surface area contributed by atoms with E-state index in [1.165, 1.54) is 36.8 Å². The Balaban J connectivity index is 1.75. The number of aryl methyl sites for hydroxylation is 2. The summed E-state index contributed by atoms with van der Waals surface area (Å²) in [5.74, 6) is 0.550. The number of nitrogens with one attached hydrogen (secondary N) is 2. The molecule has 0 fully saturated rings. The van der Waals surface area contributed by atoms with Crippen LogP contribution in [0.4, 0.5) is 11.4 Å². The summed E-state index contributed by atoms with van der Waals surface area (Å²) in [4.78, 5) is 23.5. The minimum absolute atomic E-state index is 0.142. The fourth-order valence-corrected chi connectivity index (χ4v) is 3.31. The summed E-state index contributed by atoms with van der Waals surface area (Å²) in [6.45, 7) is 9.37. The number of hydrogen-bond donors (Lipinski definition) is 2. The second kappa shape index (κ2) is 8.45. The summed E-state index contributed by atoms with van der Waals surface area (Å²) >= 11 is 0. The molecule has 2 aliphatic heterocycles. The number of carbonyl (C=O) groups is 1. The van der Waals surface area contributed by atoms with Gasteiger partial charge in [-0.25, -0.2) is 9.98 Å². The van der Waals surface area contributed by atoms with Crippen LogP contribution in [0.15, 0.2) is 22.1 Å². The third-order valence-electron chi connectivity index (χ3n) is 4.98. The number of aliphatic imine (C=N–C) groups is 2. The predicted octanol–water partition coefficient (Wildman–Crippen LogP) is 2.85. The van der Waals surface area contributed by atoms with Crippen LogP contribution in [0.5, 0.6) is 0 Å². The molecule has 0 aromatic heterocycles. The minimum Gasteiger partial charge on any atom is -0.331 e. The van der Waals surface area contributed by atoms with Crippen molar-refractivity contribution in [3.8, 4) is 0 Å². The normalized spacial score (nSPS) is 15.8. The average molecular weight is 355 g/mol. The topological polar surface area (TPSA) is 69.1 Å². The van der Waals surface area contributed by atoms with E-state index in [2.05, 4.69) is 58.4 Å². The first-order valence-electron chi connectivity index (χ1n) is 9.63. The van der Waals surface area contributed by atoms with Gasteiger partial charge in [0.1, 0.15) is 6.67 Å². The maximum Gasteiger partial charge on any atom is 0.275 e. The van der Waals surface area contributed by atoms with Crippen molar-refractivity contribution >= 4 is 28.8 Å². The van der Waals surface area contributed by atoms with Crippen molar-refractivity contribution in [1.29, 1.82) is 0 Å². The molecule has 140 valence electrons. The van der Waals surface area contributed by atoms with Crippen LogP contribution in [0.25, 0.3) is 0 Å². The zero-order valence-corrected chi connectivity index (χ0v) is 16.1. The Kier molecular flexibility index (Phi) is 6.04. The molecule has 0 spiro atoms. The summed E-state index contributed by atoms with van der Waals surface area (Å²) < 4.78 is 0. The number of fused-ring (bicyclic) bond motifs is 2. The van der Waals surface area contributed by atoms with Gasteiger partial charge in [-0.15, -0.1) is 0 Å². The van der Waals surface area contributed by atoms with Gasteiger partial charge in [0, 0.05) is 13.1 Å². The maximum absolute atomic E-state index is 12.2. The van der Waals surface area contributed by atoms with Crippen LogP contribution < -0.4 is 15.5 Å². The highest BCUT2D eigenvalue weighted by Crippen LogP contribution is 2.35. The highest BCUT2D eigenvalue weighted by Gasteiger charge is 2.32. The Morgan fingerprint density at radius 2 is 1.96 bits per heavy atom. The van der Waals surface area contributed by atoms with E-state index >= 15 is 0 Å². The van der Waals surface area contributed by atoms with Crippen LogP contribution in [0.1, 0.15) is 43.7 Å². The fraction of sp³-hybridized carbons (Fsp3) is 0.550. The summed E-state index contributed by atoms with van der Waals surface area (Å²) in [6, 6.07) is 4.21. The molecule has 1 aromatic rings. The van der Waals surface area contributed by atoms with Gasteiger partial charge in [0.25, 0.3) is 5.91 Å². The summed E-state index contributed by atoms with van der Waals surface area (Å²) in [6.07, 6.45) is 5.04. The van der Waals surface area contributed by atoms with E-state index in [-0.39, 0.29) is 5.91 Å². The molecule has 6 heteroatoms. The monoisotopic (exact) mass is 355 g/mol. The Morgan fingerprint density at radius 3 is 2.77 bits per heavy atom. The Bertz CT molecular complexity index is 738. The second-order valence-corrected chi connectivity index (χ2v) is 6.99. The van der Waals surface area contributed by atoms with Crippen molar-refractivity contribution < 1.29 is 4.79 Å². The van der Waals surface area contributed by atoms with E-state index in [0.29, 0.717) is 18.2 Å². The lowest BCUT2D eigenvalue weighted by Gasteiger charge is -2.33. The first-order chi connectivity index (χ1) is 12.6. The Hall–Kier alpha value is -2.21. The molecule has 1 amide bonds. The molecular weight excluding hydrogens is 326 g/mol. The average Bonchev–Trinajstić information content (AvgIpc) is 2.62. The third kappa shape index (κ3) is 3.96. The molecular formula is C20H29N5O. The van der Waals surface area contributed by atoms with Crippen LogP contribution in [0.2, 0.25) is 0 Å². The Labute approximate surface area is 155 Å². The smallest absolute Gasteiger partial charge is 0.275 e. The van der Waals surface area contributed by atoms with Gasteiger partial charge in [0.2, 0.25) is 0 Å². The van der Waals surface area contributed by atoms with Gasteiger partial charge in [-0.3, -0.25) is 4.79 Å². The summed E-state index contributed by atoms with van der Waals surface area (Å²) in [5.41, 5.74) is 4.72. The van der Waals surface area contributed by atoms with Gasteiger partial charge in [0.05, 0.1) is 11.4 Å². The zero-order chi connectivity index (χ0) is 18.5. The standard InChI is InChI=1S/C20H29N5O/c1-4-5-6-7-8-21-9-10-25-17-12-15(3)14(2)11-16(17)24-18-19(25)22-13-23-20(18)26/h11-12,21H,4-10,13H2,1-3H3,(H,23,26). The molecule has 2 heterocycles. The van der Waals surface area contributed by atoms with Crippen molar-refractivity contribution in [3.05, 3.63) is 23.3 Å². The molecule has 6 nitrogen and oxygen atoms in total. The van der Waals surface area contributed by atoms with Gasteiger partial charge in [-0.1, -0.05) is 26.2 Å². The molecule has 0 atom stereocenters. The lowest BCUT2D eigenvalue weighted by atomic mass is 10.0. The number of unbranched alkanes of at least 4 members (excludes halogenated alkanes) is 3. The summed E-state index contributed by atoms with van der Waals surface area (Å²) in [7, 11) is 0. The fourth-order valence-electron chi connectivity index (χ4n) is 3.31. The van der Waals surface area contributed by atoms with E-state index < -0.39 is 0 Å². The van der Waals surface area contributed by atoms with Crippen molar-refractivity contribution in [2.75, 3.05) is 31.2 Å². The molecule has 2 N–H and O–H groups in total. The molecule has 0 saturated carbocycles. The lowest BCUT2D eigenvalue weighted by Crippen LogP contribution is -2.51. The lowest BCUT2D eigenvalue weighted by molar-refractivity contribution is -0.114. The second-order valence-electron chi connectivity index (χ2n) is 6.99. The van der Waals surface area contributed by atoms with E-state index in [4.69, 9.17) is 0 Å². The van der Waals surface area contributed by atoms with E-state index in [9.17, 15) is 4.79 Å². The quantitative estimate of drug-likeness (QED) is 0.705. The van der Waals surface area contributed by atoms with Gasteiger partial charge >= 0.3 is 0 Å². The number of nitrogens with zero attached hydrogens (tertiary/aromatic N) is 3. The van der Waals surface area contributed by atoms with E-state index in [1.807, 2.05) is 0 Å². The number of hydrogen-bond acceptors (Lipinski definition) is 5. The molecule has 0 saturated heterocycles. The van der Waals surface area contributed by atoms with Crippen LogP contribution in [-0.2, 0) is 4.79 Å². The van der Waals surface area contributed by atoms with Crippen LogP contribution in [0.3, 0.4) is 0 Å². The van der Waals surface area contributed by atoms with Crippen molar-refractivity contribution in [2.45, 2.75) is 46.5 Å². The predicted molar refractivity (Wildman–Crippen MR) is 108 cm³/mol. The number of amides is 1. The minimum atomic E-state index is -0.142.